The predicted molar refractivity (Wildman–Crippen MR) is 45.9 cm³/mol. The number of allylic oxidation sites excluding steroid dienone is 2. The smallest absolute Gasteiger partial charge is 0.184 e. The molecule has 0 aromatic carbocycles. The summed E-state index contributed by atoms with van der Waals surface area (Å²) in [5.41, 5.74) is 0.921. The van der Waals surface area contributed by atoms with Gasteiger partial charge in [-0.3, -0.25) is 4.79 Å². The van der Waals surface area contributed by atoms with Gasteiger partial charge in [0.1, 0.15) is 0 Å². The number of fused-ring (bicyclic) bond motifs is 1. The molecule has 1 aliphatic heterocycles. The Balaban J connectivity index is 2.36. The lowest BCUT2D eigenvalue weighted by Crippen LogP contribution is -2.21. The molecule has 58 valence electrons. The molecule has 1 heterocycles. The average molecular weight is 167 g/mol. The third kappa shape index (κ3) is 0.997. The standard InChI is InChI=1S/C8H9NOS/c1-5-2-3-7(10)6-4-9-11-8(5)6/h2-5,8-9H,1H3. The summed E-state index contributed by atoms with van der Waals surface area (Å²) < 4.78 is 3.02. The molecular weight excluding hydrogens is 158 g/mol. The lowest BCUT2D eigenvalue weighted by molar-refractivity contribution is -0.111. The molecular formula is C8H9NOS. The Labute approximate surface area is 69.9 Å². The Morgan fingerprint density at radius 2 is 2.45 bits per heavy atom. The van der Waals surface area contributed by atoms with Gasteiger partial charge in [0, 0.05) is 11.8 Å². The van der Waals surface area contributed by atoms with E-state index in [2.05, 4.69) is 11.6 Å². The molecule has 2 atom stereocenters. The molecule has 0 aromatic rings. The number of rotatable bonds is 0. The van der Waals surface area contributed by atoms with Crippen molar-refractivity contribution < 1.29 is 4.79 Å². The second-order valence-corrected chi connectivity index (χ2v) is 3.82. The summed E-state index contributed by atoms with van der Waals surface area (Å²) >= 11 is 1.62. The largest absolute Gasteiger partial charge is 0.336 e. The molecule has 0 saturated heterocycles. The van der Waals surface area contributed by atoms with E-state index in [0.717, 1.165) is 5.57 Å². The van der Waals surface area contributed by atoms with Crippen molar-refractivity contribution >= 4 is 17.7 Å². The quantitative estimate of drug-likeness (QED) is 0.551. The molecule has 0 fully saturated rings. The molecule has 0 spiro atoms. The van der Waals surface area contributed by atoms with Crippen LogP contribution in [-0.2, 0) is 4.79 Å². The Hall–Kier alpha value is -0.700. The summed E-state index contributed by atoms with van der Waals surface area (Å²) in [7, 11) is 0. The highest BCUT2D eigenvalue weighted by Gasteiger charge is 2.31. The van der Waals surface area contributed by atoms with E-state index in [0.29, 0.717) is 11.2 Å². The van der Waals surface area contributed by atoms with Crippen molar-refractivity contribution in [3.05, 3.63) is 23.9 Å². The van der Waals surface area contributed by atoms with Crippen molar-refractivity contribution in [1.82, 2.24) is 4.72 Å². The van der Waals surface area contributed by atoms with Gasteiger partial charge in [0.25, 0.3) is 0 Å². The van der Waals surface area contributed by atoms with Crippen LogP contribution in [0.1, 0.15) is 6.92 Å². The minimum absolute atomic E-state index is 0.158. The summed E-state index contributed by atoms with van der Waals surface area (Å²) in [4.78, 5) is 11.2. The van der Waals surface area contributed by atoms with Crippen LogP contribution in [-0.4, -0.2) is 11.0 Å². The van der Waals surface area contributed by atoms with E-state index in [-0.39, 0.29) is 5.78 Å². The van der Waals surface area contributed by atoms with E-state index < -0.39 is 0 Å². The van der Waals surface area contributed by atoms with E-state index in [1.807, 2.05) is 12.3 Å². The molecule has 1 aliphatic carbocycles. The maximum absolute atomic E-state index is 11.2. The molecule has 11 heavy (non-hydrogen) atoms. The van der Waals surface area contributed by atoms with Crippen molar-refractivity contribution in [3.63, 3.8) is 0 Å². The second-order valence-electron chi connectivity index (χ2n) is 2.84. The average Bonchev–Trinajstić information content (AvgIpc) is 2.45. The van der Waals surface area contributed by atoms with Crippen LogP contribution in [0.4, 0.5) is 0 Å². The fraction of sp³-hybridized carbons (Fsp3) is 0.375. The van der Waals surface area contributed by atoms with E-state index in [9.17, 15) is 4.79 Å². The van der Waals surface area contributed by atoms with Gasteiger partial charge in [-0.2, -0.15) is 0 Å². The lowest BCUT2D eigenvalue weighted by Gasteiger charge is -2.19. The molecule has 0 bridgehead atoms. The van der Waals surface area contributed by atoms with Gasteiger partial charge in [-0.1, -0.05) is 13.0 Å². The summed E-state index contributed by atoms with van der Waals surface area (Å²) in [6, 6.07) is 0. The molecule has 0 saturated carbocycles. The first-order valence-electron chi connectivity index (χ1n) is 3.63. The lowest BCUT2D eigenvalue weighted by atomic mass is 9.92. The first kappa shape index (κ1) is 6.98. The van der Waals surface area contributed by atoms with Crippen molar-refractivity contribution in [3.8, 4) is 0 Å². The zero-order chi connectivity index (χ0) is 7.84. The molecule has 3 heteroatoms. The van der Waals surface area contributed by atoms with Crippen LogP contribution in [0.15, 0.2) is 23.9 Å². The Morgan fingerprint density at radius 3 is 3.18 bits per heavy atom. The Kier molecular flexibility index (Phi) is 1.53. The number of carbonyl (C=O) groups is 1. The monoisotopic (exact) mass is 167 g/mol. The van der Waals surface area contributed by atoms with Gasteiger partial charge in [-0.05, 0) is 23.9 Å². The van der Waals surface area contributed by atoms with E-state index in [1.54, 1.807) is 18.0 Å². The summed E-state index contributed by atoms with van der Waals surface area (Å²) in [5, 5.41) is 0.340. The van der Waals surface area contributed by atoms with Gasteiger partial charge < -0.3 is 4.72 Å². The number of carbonyl (C=O) groups excluding carboxylic acids is 1. The SMILES string of the molecule is CC1C=CC(=O)C2=CNSC21. The maximum atomic E-state index is 11.2. The van der Waals surface area contributed by atoms with Crippen LogP contribution in [0.5, 0.6) is 0 Å². The number of nitrogens with one attached hydrogen (secondary N) is 1. The molecule has 2 rings (SSSR count). The van der Waals surface area contributed by atoms with Gasteiger partial charge >= 0.3 is 0 Å². The minimum Gasteiger partial charge on any atom is -0.336 e. The summed E-state index contributed by atoms with van der Waals surface area (Å²) in [6.45, 7) is 2.13. The second kappa shape index (κ2) is 2.41. The van der Waals surface area contributed by atoms with Crippen LogP contribution < -0.4 is 4.72 Å². The Morgan fingerprint density at radius 1 is 1.64 bits per heavy atom. The van der Waals surface area contributed by atoms with E-state index in [4.69, 9.17) is 0 Å². The summed E-state index contributed by atoms with van der Waals surface area (Å²) in [5.74, 6) is 0.629. The molecule has 1 N–H and O–H groups in total. The van der Waals surface area contributed by atoms with E-state index >= 15 is 0 Å². The molecule has 2 aliphatic rings. The topological polar surface area (TPSA) is 29.1 Å². The van der Waals surface area contributed by atoms with Crippen LogP contribution in [0.3, 0.4) is 0 Å². The third-order valence-electron chi connectivity index (χ3n) is 2.03. The van der Waals surface area contributed by atoms with Crippen LogP contribution in [0, 0.1) is 5.92 Å². The number of ketones is 1. The van der Waals surface area contributed by atoms with Crippen molar-refractivity contribution in [2.75, 3.05) is 0 Å². The number of hydrogen-bond acceptors (Lipinski definition) is 3. The maximum Gasteiger partial charge on any atom is 0.184 e. The molecule has 2 nitrogen and oxygen atoms in total. The fourth-order valence-corrected chi connectivity index (χ4v) is 2.31. The Bertz CT molecular complexity index is 257. The zero-order valence-corrected chi connectivity index (χ0v) is 7.02. The highest BCUT2D eigenvalue weighted by Crippen LogP contribution is 2.33. The first-order chi connectivity index (χ1) is 5.29. The van der Waals surface area contributed by atoms with Gasteiger partial charge in [0.2, 0.25) is 0 Å². The number of hydrogen-bond donors (Lipinski definition) is 1. The highest BCUT2D eigenvalue weighted by molar-refractivity contribution is 7.98. The van der Waals surface area contributed by atoms with Crippen LogP contribution >= 0.6 is 11.9 Å². The summed E-state index contributed by atoms with van der Waals surface area (Å²) in [6.07, 6.45) is 5.46. The molecule has 0 radical (unpaired) electrons. The fourth-order valence-electron chi connectivity index (χ4n) is 1.35. The molecule has 0 amide bonds. The van der Waals surface area contributed by atoms with Crippen molar-refractivity contribution in [2.45, 2.75) is 12.2 Å². The van der Waals surface area contributed by atoms with Crippen molar-refractivity contribution in [1.29, 1.82) is 0 Å². The molecule has 0 aromatic heterocycles. The van der Waals surface area contributed by atoms with E-state index in [1.165, 1.54) is 0 Å². The van der Waals surface area contributed by atoms with Gasteiger partial charge in [0.15, 0.2) is 5.78 Å². The van der Waals surface area contributed by atoms with Crippen molar-refractivity contribution in [2.24, 2.45) is 5.92 Å². The molecule has 2 unspecified atom stereocenters. The van der Waals surface area contributed by atoms with Crippen LogP contribution in [0.2, 0.25) is 0 Å². The normalized spacial score (nSPS) is 34.6. The van der Waals surface area contributed by atoms with Crippen LogP contribution in [0.25, 0.3) is 0 Å². The third-order valence-corrected chi connectivity index (χ3v) is 3.22. The van der Waals surface area contributed by atoms with Gasteiger partial charge in [-0.15, -0.1) is 0 Å². The highest BCUT2D eigenvalue weighted by atomic mass is 32.2. The minimum atomic E-state index is 0.158. The first-order valence-corrected chi connectivity index (χ1v) is 4.51. The predicted octanol–water partition coefficient (Wildman–Crippen LogP) is 1.27. The zero-order valence-electron chi connectivity index (χ0n) is 6.20. The van der Waals surface area contributed by atoms with Gasteiger partial charge in [0.05, 0.1) is 5.25 Å². The van der Waals surface area contributed by atoms with Gasteiger partial charge in [-0.25, -0.2) is 0 Å².